The SMILES string of the molecule is CN1CCC(CC2C3=CC=CCC3N[C@@H]2O)CC1. The van der Waals surface area contributed by atoms with E-state index in [1.165, 1.54) is 31.5 Å². The molecule has 2 heterocycles. The van der Waals surface area contributed by atoms with Gasteiger partial charge < -0.3 is 10.0 Å². The van der Waals surface area contributed by atoms with Crippen molar-refractivity contribution < 1.29 is 5.11 Å². The lowest BCUT2D eigenvalue weighted by atomic mass is 9.82. The average Bonchev–Trinajstić information content (AvgIpc) is 2.69. The molecule has 2 aliphatic heterocycles. The fraction of sp³-hybridized carbons (Fsp3) is 0.733. The van der Waals surface area contributed by atoms with Gasteiger partial charge in [0.2, 0.25) is 0 Å². The summed E-state index contributed by atoms with van der Waals surface area (Å²) in [4.78, 5) is 2.41. The Morgan fingerprint density at radius 1 is 1.39 bits per heavy atom. The van der Waals surface area contributed by atoms with E-state index in [9.17, 15) is 5.11 Å². The average molecular weight is 248 g/mol. The third kappa shape index (κ3) is 2.40. The van der Waals surface area contributed by atoms with Gasteiger partial charge in [-0.2, -0.15) is 0 Å². The quantitative estimate of drug-likeness (QED) is 0.777. The fourth-order valence-electron chi connectivity index (χ4n) is 3.62. The molecule has 0 amide bonds. The number of nitrogens with zero attached hydrogens (tertiary/aromatic N) is 1. The molecule has 2 saturated heterocycles. The molecule has 3 nitrogen and oxygen atoms in total. The van der Waals surface area contributed by atoms with Crippen molar-refractivity contribution in [2.45, 2.75) is 38.0 Å². The van der Waals surface area contributed by atoms with Crippen LogP contribution in [0.25, 0.3) is 0 Å². The highest BCUT2D eigenvalue weighted by Crippen LogP contribution is 2.36. The van der Waals surface area contributed by atoms with E-state index >= 15 is 0 Å². The van der Waals surface area contributed by atoms with Gasteiger partial charge in [0.1, 0.15) is 6.23 Å². The van der Waals surface area contributed by atoms with Crippen LogP contribution in [0.5, 0.6) is 0 Å². The Labute approximate surface area is 110 Å². The van der Waals surface area contributed by atoms with E-state index < -0.39 is 0 Å². The molecule has 3 heteroatoms. The smallest absolute Gasteiger partial charge is 0.112 e. The van der Waals surface area contributed by atoms with Crippen molar-refractivity contribution in [1.29, 1.82) is 0 Å². The van der Waals surface area contributed by atoms with Crippen molar-refractivity contribution in [3.8, 4) is 0 Å². The van der Waals surface area contributed by atoms with Crippen LogP contribution in [0.2, 0.25) is 0 Å². The van der Waals surface area contributed by atoms with Crippen LogP contribution < -0.4 is 5.32 Å². The third-order valence-electron chi connectivity index (χ3n) is 4.81. The van der Waals surface area contributed by atoms with Crippen molar-refractivity contribution in [3.63, 3.8) is 0 Å². The second-order valence-corrected chi connectivity index (χ2v) is 6.08. The Bertz CT molecular complexity index is 356. The Kier molecular flexibility index (Phi) is 3.55. The summed E-state index contributed by atoms with van der Waals surface area (Å²) in [7, 11) is 2.20. The van der Waals surface area contributed by atoms with E-state index in [1.807, 2.05) is 0 Å². The molecular formula is C15H24N2O. The number of aliphatic hydroxyl groups is 1. The van der Waals surface area contributed by atoms with Crippen LogP contribution in [0, 0.1) is 11.8 Å². The summed E-state index contributed by atoms with van der Waals surface area (Å²) >= 11 is 0. The number of allylic oxidation sites excluding steroid dienone is 2. The van der Waals surface area contributed by atoms with Gasteiger partial charge in [-0.25, -0.2) is 0 Å². The molecule has 2 unspecified atom stereocenters. The van der Waals surface area contributed by atoms with Crippen molar-refractivity contribution in [3.05, 3.63) is 23.8 Å². The molecule has 0 aromatic carbocycles. The van der Waals surface area contributed by atoms with E-state index in [0.29, 0.717) is 12.0 Å². The van der Waals surface area contributed by atoms with Gasteiger partial charge in [-0.1, -0.05) is 18.2 Å². The molecule has 100 valence electrons. The number of nitrogens with one attached hydrogen (secondary N) is 1. The zero-order chi connectivity index (χ0) is 12.5. The van der Waals surface area contributed by atoms with Crippen molar-refractivity contribution in [2.75, 3.05) is 20.1 Å². The Morgan fingerprint density at radius 3 is 2.94 bits per heavy atom. The summed E-state index contributed by atoms with van der Waals surface area (Å²) in [5, 5.41) is 13.5. The Balaban J connectivity index is 1.64. The van der Waals surface area contributed by atoms with E-state index in [1.54, 1.807) is 0 Å². The Hall–Kier alpha value is -0.640. The fourth-order valence-corrected chi connectivity index (χ4v) is 3.62. The normalized spacial score (nSPS) is 37.7. The number of fused-ring (bicyclic) bond motifs is 1. The molecule has 1 aliphatic carbocycles. The molecular weight excluding hydrogens is 224 g/mol. The zero-order valence-electron chi connectivity index (χ0n) is 11.2. The van der Waals surface area contributed by atoms with Gasteiger partial charge in [-0.05, 0) is 57.3 Å². The first-order valence-electron chi connectivity index (χ1n) is 7.23. The number of likely N-dealkylation sites (tertiary alicyclic amines) is 1. The summed E-state index contributed by atoms with van der Waals surface area (Å²) < 4.78 is 0. The van der Waals surface area contributed by atoms with Crippen LogP contribution in [-0.2, 0) is 0 Å². The maximum atomic E-state index is 10.2. The molecule has 3 aliphatic rings. The van der Waals surface area contributed by atoms with Gasteiger partial charge in [0.25, 0.3) is 0 Å². The van der Waals surface area contributed by atoms with Crippen molar-refractivity contribution >= 4 is 0 Å². The Morgan fingerprint density at radius 2 is 2.17 bits per heavy atom. The monoisotopic (exact) mass is 248 g/mol. The first kappa shape index (κ1) is 12.4. The van der Waals surface area contributed by atoms with Crippen molar-refractivity contribution in [2.24, 2.45) is 11.8 Å². The number of hydrogen-bond donors (Lipinski definition) is 2. The van der Waals surface area contributed by atoms with Gasteiger partial charge in [-0.3, -0.25) is 5.32 Å². The minimum absolute atomic E-state index is 0.333. The predicted octanol–water partition coefficient (Wildman–Crippen LogP) is 1.51. The second-order valence-electron chi connectivity index (χ2n) is 6.08. The molecule has 2 fully saturated rings. The molecule has 0 spiro atoms. The summed E-state index contributed by atoms with van der Waals surface area (Å²) in [6.07, 6.45) is 11.0. The van der Waals surface area contributed by atoms with Gasteiger partial charge in [0, 0.05) is 12.0 Å². The van der Waals surface area contributed by atoms with E-state index in [0.717, 1.165) is 18.8 Å². The second kappa shape index (κ2) is 5.16. The van der Waals surface area contributed by atoms with E-state index in [-0.39, 0.29) is 6.23 Å². The summed E-state index contributed by atoms with van der Waals surface area (Å²) in [6, 6.07) is 0.390. The standard InChI is InChI=1S/C15H24N2O/c1-17-8-6-11(7-9-17)10-13-12-4-2-3-5-14(12)16-15(13)18/h2-4,11,13-16,18H,5-10H2,1H3/t13?,14?,15-/m1/s1. The topological polar surface area (TPSA) is 35.5 Å². The highest BCUT2D eigenvalue weighted by molar-refractivity contribution is 5.30. The molecule has 0 aromatic heterocycles. The number of aliphatic hydroxyl groups excluding tert-OH is 1. The maximum Gasteiger partial charge on any atom is 0.112 e. The van der Waals surface area contributed by atoms with E-state index in [2.05, 4.69) is 35.5 Å². The summed E-state index contributed by atoms with van der Waals surface area (Å²) in [5.41, 5.74) is 1.43. The molecule has 2 N–H and O–H groups in total. The van der Waals surface area contributed by atoms with Crippen LogP contribution in [0.1, 0.15) is 25.7 Å². The molecule has 3 atom stereocenters. The first-order chi connectivity index (χ1) is 8.74. The zero-order valence-corrected chi connectivity index (χ0v) is 11.2. The van der Waals surface area contributed by atoms with Gasteiger partial charge in [-0.15, -0.1) is 0 Å². The highest BCUT2D eigenvalue weighted by Gasteiger charge is 2.38. The van der Waals surface area contributed by atoms with Crippen LogP contribution in [-0.4, -0.2) is 42.4 Å². The van der Waals surface area contributed by atoms with Crippen LogP contribution >= 0.6 is 0 Å². The maximum absolute atomic E-state index is 10.2. The molecule has 0 radical (unpaired) electrons. The highest BCUT2D eigenvalue weighted by atomic mass is 16.3. The van der Waals surface area contributed by atoms with Crippen LogP contribution in [0.4, 0.5) is 0 Å². The van der Waals surface area contributed by atoms with Gasteiger partial charge >= 0.3 is 0 Å². The molecule has 0 saturated carbocycles. The minimum Gasteiger partial charge on any atom is -0.378 e. The van der Waals surface area contributed by atoms with Crippen LogP contribution in [0.3, 0.4) is 0 Å². The summed E-state index contributed by atoms with van der Waals surface area (Å²) in [5.74, 6) is 1.13. The molecule has 0 aromatic rings. The van der Waals surface area contributed by atoms with Crippen molar-refractivity contribution in [1.82, 2.24) is 10.2 Å². The molecule has 0 bridgehead atoms. The number of piperidine rings is 1. The first-order valence-corrected chi connectivity index (χ1v) is 7.23. The predicted molar refractivity (Wildman–Crippen MR) is 73.1 cm³/mol. The largest absolute Gasteiger partial charge is 0.378 e. The lowest BCUT2D eigenvalue weighted by Gasteiger charge is -2.31. The lowest BCUT2D eigenvalue weighted by Crippen LogP contribution is -2.34. The van der Waals surface area contributed by atoms with Crippen LogP contribution in [0.15, 0.2) is 23.8 Å². The summed E-state index contributed by atoms with van der Waals surface area (Å²) in [6.45, 7) is 2.42. The lowest BCUT2D eigenvalue weighted by molar-refractivity contribution is 0.0945. The van der Waals surface area contributed by atoms with Gasteiger partial charge in [0.05, 0.1) is 0 Å². The number of hydrogen-bond acceptors (Lipinski definition) is 3. The number of rotatable bonds is 2. The van der Waals surface area contributed by atoms with Gasteiger partial charge in [0.15, 0.2) is 0 Å². The minimum atomic E-state index is -0.333. The van der Waals surface area contributed by atoms with E-state index in [4.69, 9.17) is 0 Å². The molecule has 18 heavy (non-hydrogen) atoms. The third-order valence-corrected chi connectivity index (χ3v) is 4.81. The molecule has 3 rings (SSSR count).